The molecule has 25 heavy (non-hydrogen) atoms. The summed E-state index contributed by atoms with van der Waals surface area (Å²) in [5.74, 6) is -2.46. The number of aromatic nitrogens is 3. The van der Waals surface area contributed by atoms with Crippen molar-refractivity contribution in [2.24, 2.45) is 0 Å². The van der Waals surface area contributed by atoms with Crippen LogP contribution in [-0.2, 0) is 6.18 Å². The maximum atomic E-state index is 12.4. The van der Waals surface area contributed by atoms with Gasteiger partial charge in [-0.1, -0.05) is 0 Å². The van der Waals surface area contributed by atoms with Gasteiger partial charge in [0.25, 0.3) is 5.91 Å². The van der Waals surface area contributed by atoms with Gasteiger partial charge in [-0.2, -0.15) is 18.2 Å². The van der Waals surface area contributed by atoms with Gasteiger partial charge in [-0.3, -0.25) is 15.2 Å². The van der Waals surface area contributed by atoms with E-state index >= 15 is 0 Å². The molecule has 0 radical (unpaired) electrons. The normalized spacial score (nSPS) is 14.0. The first-order chi connectivity index (χ1) is 11.8. The summed E-state index contributed by atoms with van der Waals surface area (Å²) in [7, 11) is 0. The number of nitrogens with one attached hydrogen (secondary N) is 4. The Morgan fingerprint density at radius 2 is 1.80 bits per heavy atom. The highest BCUT2D eigenvalue weighted by atomic mass is 19.4. The minimum atomic E-state index is -4.68. The lowest BCUT2D eigenvalue weighted by atomic mass is 10.2. The van der Waals surface area contributed by atoms with Crippen molar-refractivity contribution >= 4 is 23.6 Å². The molecule has 3 amide bonds. The molecule has 1 aliphatic carbocycles. The van der Waals surface area contributed by atoms with Gasteiger partial charge in [0.2, 0.25) is 11.8 Å². The molecule has 0 atom stereocenters. The summed E-state index contributed by atoms with van der Waals surface area (Å²) < 4.78 is 37.2. The molecular formula is C14H13F3N6O2. The zero-order valence-corrected chi connectivity index (χ0v) is 12.6. The number of benzene rings is 1. The van der Waals surface area contributed by atoms with Crippen molar-refractivity contribution in [3.8, 4) is 0 Å². The second kappa shape index (κ2) is 6.42. The van der Waals surface area contributed by atoms with Crippen LogP contribution in [0.5, 0.6) is 0 Å². The smallest absolute Gasteiger partial charge is 0.335 e. The third-order valence-corrected chi connectivity index (χ3v) is 3.30. The minimum absolute atomic E-state index is 0.173. The first-order valence-electron chi connectivity index (χ1n) is 7.30. The fourth-order valence-electron chi connectivity index (χ4n) is 1.90. The fourth-order valence-corrected chi connectivity index (χ4v) is 1.90. The van der Waals surface area contributed by atoms with Gasteiger partial charge >= 0.3 is 12.2 Å². The van der Waals surface area contributed by atoms with E-state index in [1.54, 1.807) is 5.10 Å². The number of aromatic amines is 1. The van der Waals surface area contributed by atoms with E-state index in [1.165, 1.54) is 24.3 Å². The van der Waals surface area contributed by atoms with Crippen molar-refractivity contribution in [2.75, 3.05) is 10.6 Å². The molecule has 0 saturated heterocycles. The zero-order valence-electron chi connectivity index (χ0n) is 12.6. The molecule has 0 bridgehead atoms. The Morgan fingerprint density at radius 1 is 1.12 bits per heavy atom. The maximum absolute atomic E-state index is 12.4. The molecule has 11 heteroatoms. The second-order valence-corrected chi connectivity index (χ2v) is 5.41. The molecule has 2 aromatic rings. The number of anilines is 2. The molecule has 1 aliphatic rings. The molecule has 1 heterocycles. The van der Waals surface area contributed by atoms with Crippen LogP contribution in [0.15, 0.2) is 24.3 Å². The summed E-state index contributed by atoms with van der Waals surface area (Å²) in [4.78, 5) is 26.7. The summed E-state index contributed by atoms with van der Waals surface area (Å²) in [5.41, 5.74) is 0.651. The number of rotatable bonds is 4. The van der Waals surface area contributed by atoms with Crippen molar-refractivity contribution in [1.29, 1.82) is 0 Å². The number of H-pyrrole nitrogens is 1. The fraction of sp³-hybridized carbons (Fsp3) is 0.286. The molecule has 3 rings (SSSR count). The molecule has 132 valence electrons. The SMILES string of the molecule is O=C(Nc1ccc(C(=O)Nc2n[nH]c(C(F)(F)F)n2)cc1)NC1CC1. The largest absolute Gasteiger partial charge is 0.451 e. The van der Waals surface area contributed by atoms with Crippen LogP contribution in [0.1, 0.15) is 29.0 Å². The number of alkyl halides is 3. The number of halogens is 3. The minimum Gasteiger partial charge on any atom is -0.335 e. The van der Waals surface area contributed by atoms with Gasteiger partial charge in [0, 0.05) is 17.3 Å². The number of urea groups is 1. The highest BCUT2D eigenvalue weighted by molar-refractivity contribution is 6.03. The number of hydrogen-bond acceptors (Lipinski definition) is 4. The molecule has 1 aromatic heterocycles. The van der Waals surface area contributed by atoms with Crippen LogP contribution < -0.4 is 16.0 Å². The molecule has 8 nitrogen and oxygen atoms in total. The van der Waals surface area contributed by atoms with E-state index in [4.69, 9.17) is 0 Å². The molecule has 1 aromatic carbocycles. The Kier molecular flexibility index (Phi) is 4.30. The first-order valence-corrected chi connectivity index (χ1v) is 7.30. The van der Waals surface area contributed by atoms with Gasteiger partial charge in [0.05, 0.1) is 0 Å². The molecule has 0 aliphatic heterocycles. The van der Waals surface area contributed by atoms with E-state index in [0.717, 1.165) is 12.8 Å². The summed E-state index contributed by atoms with van der Waals surface area (Å²) >= 11 is 0. The number of hydrogen-bond donors (Lipinski definition) is 4. The van der Waals surface area contributed by atoms with E-state index in [9.17, 15) is 22.8 Å². The van der Waals surface area contributed by atoms with Gasteiger partial charge in [-0.25, -0.2) is 4.79 Å². The van der Waals surface area contributed by atoms with Gasteiger partial charge < -0.3 is 10.6 Å². The second-order valence-electron chi connectivity index (χ2n) is 5.41. The van der Waals surface area contributed by atoms with E-state index in [1.807, 2.05) is 0 Å². The molecule has 1 fully saturated rings. The van der Waals surface area contributed by atoms with Gasteiger partial charge in [0.1, 0.15) is 0 Å². The van der Waals surface area contributed by atoms with Gasteiger partial charge in [-0.05, 0) is 37.1 Å². The van der Waals surface area contributed by atoms with Crippen LogP contribution >= 0.6 is 0 Å². The quantitative estimate of drug-likeness (QED) is 0.675. The Balaban J connectivity index is 1.58. The summed E-state index contributed by atoms with van der Waals surface area (Å²) in [6, 6.07) is 5.72. The van der Waals surface area contributed by atoms with Gasteiger partial charge in [-0.15, -0.1) is 5.10 Å². The molecule has 0 unspecified atom stereocenters. The molecular weight excluding hydrogens is 341 g/mol. The lowest BCUT2D eigenvalue weighted by Gasteiger charge is -2.07. The topological polar surface area (TPSA) is 112 Å². The highest BCUT2D eigenvalue weighted by Crippen LogP contribution is 2.26. The lowest BCUT2D eigenvalue weighted by molar-refractivity contribution is -0.144. The van der Waals surface area contributed by atoms with Crippen LogP contribution in [0.4, 0.5) is 29.6 Å². The maximum Gasteiger partial charge on any atom is 0.451 e. The van der Waals surface area contributed by atoms with Crippen LogP contribution in [0.25, 0.3) is 0 Å². The Morgan fingerprint density at radius 3 is 2.36 bits per heavy atom. The number of amides is 3. The Hall–Kier alpha value is -3.11. The molecule has 1 saturated carbocycles. The molecule has 4 N–H and O–H groups in total. The predicted octanol–water partition coefficient (Wildman–Crippen LogP) is 2.36. The average Bonchev–Trinajstić information content (AvgIpc) is 3.21. The summed E-state index contributed by atoms with van der Waals surface area (Å²) in [5, 5.41) is 12.5. The summed E-state index contributed by atoms with van der Waals surface area (Å²) in [6.07, 6.45) is -2.75. The molecule has 0 spiro atoms. The standard InChI is InChI=1S/C14H13F3N6O2/c15-14(16,17)11-21-12(23-22-11)20-10(24)7-1-3-8(4-2-7)18-13(25)19-9-5-6-9/h1-4,9H,5-6H2,(H2,18,19,25)(H2,20,21,22,23,24). The number of carbonyl (C=O) groups is 2. The first kappa shape index (κ1) is 16.7. The van der Waals surface area contributed by atoms with E-state index < -0.39 is 23.9 Å². The van der Waals surface area contributed by atoms with Crippen molar-refractivity contribution in [3.05, 3.63) is 35.7 Å². The number of carbonyl (C=O) groups excluding carboxylic acids is 2. The zero-order chi connectivity index (χ0) is 18.0. The predicted molar refractivity (Wildman–Crippen MR) is 81.0 cm³/mol. The average molecular weight is 354 g/mol. The summed E-state index contributed by atoms with van der Waals surface area (Å²) in [6.45, 7) is 0. The van der Waals surface area contributed by atoms with Gasteiger partial charge in [0.15, 0.2) is 0 Å². The van der Waals surface area contributed by atoms with Crippen LogP contribution in [0.3, 0.4) is 0 Å². The van der Waals surface area contributed by atoms with E-state index in [2.05, 4.69) is 26.0 Å². The van der Waals surface area contributed by atoms with E-state index in [0.29, 0.717) is 5.69 Å². The third kappa shape index (κ3) is 4.46. The van der Waals surface area contributed by atoms with Crippen molar-refractivity contribution < 1.29 is 22.8 Å². The van der Waals surface area contributed by atoms with Crippen molar-refractivity contribution in [2.45, 2.75) is 25.1 Å². The third-order valence-electron chi connectivity index (χ3n) is 3.30. The Labute approximate surface area is 139 Å². The Bertz CT molecular complexity index is 783. The van der Waals surface area contributed by atoms with Crippen LogP contribution in [0.2, 0.25) is 0 Å². The van der Waals surface area contributed by atoms with E-state index in [-0.39, 0.29) is 17.6 Å². The van der Waals surface area contributed by atoms with Crippen molar-refractivity contribution in [1.82, 2.24) is 20.5 Å². The number of nitrogens with zero attached hydrogens (tertiary/aromatic N) is 2. The van der Waals surface area contributed by atoms with Crippen LogP contribution in [-0.4, -0.2) is 33.2 Å². The monoisotopic (exact) mass is 354 g/mol. The highest BCUT2D eigenvalue weighted by Gasteiger charge is 2.35. The van der Waals surface area contributed by atoms with Crippen molar-refractivity contribution in [3.63, 3.8) is 0 Å². The lowest BCUT2D eigenvalue weighted by Crippen LogP contribution is -2.30. The van der Waals surface area contributed by atoms with Crippen LogP contribution in [0, 0.1) is 0 Å².